The molecule has 2 heterocycles. The first-order valence-corrected chi connectivity index (χ1v) is 12.1. The number of rotatable bonds is 5. The molecule has 0 saturated carbocycles. The van der Waals surface area contributed by atoms with Crippen molar-refractivity contribution in [2.24, 2.45) is 0 Å². The monoisotopic (exact) mass is 437 g/mol. The molecule has 7 heteroatoms. The number of nitrogens with zero attached hydrogens (tertiary/aromatic N) is 3. The second kappa shape index (κ2) is 8.77. The van der Waals surface area contributed by atoms with E-state index in [1.807, 2.05) is 68.4 Å². The maximum atomic E-state index is 13.0. The van der Waals surface area contributed by atoms with Gasteiger partial charge in [0.15, 0.2) is 0 Å². The summed E-state index contributed by atoms with van der Waals surface area (Å²) in [6.07, 6.45) is 0.284. The Morgan fingerprint density at radius 2 is 1.58 bits per heavy atom. The fourth-order valence-corrected chi connectivity index (χ4v) is 5.70. The molecule has 0 bridgehead atoms. The molecule has 0 atom stereocenters. The summed E-state index contributed by atoms with van der Waals surface area (Å²) in [6.45, 7) is 5.45. The van der Waals surface area contributed by atoms with E-state index in [0.29, 0.717) is 26.2 Å². The Hall–Kier alpha value is -2.77. The second-order valence-electron chi connectivity index (χ2n) is 8.02. The van der Waals surface area contributed by atoms with E-state index in [2.05, 4.69) is 4.98 Å². The van der Waals surface area contributed by atoms with Crippen LogP contribution in [-0.4, -0.2) is 54.7 Å². The molecule has 1 aliphatic heterocycles. The fourth-order valence-electron chi connectivity index (χ4n) is 4.19. The molecule has 1 amide bonds. The van der Waals surface area contributed by atoms with E-state index in [9.17, 15) is 13.2 Å². The van der Waals surface area contributed by atoms with E-state index < -0.39 is 10.0 Å². The predicted octanol–water partition coefficient (Wildman–Crippen LogP) is 3.07. The lowest BCUT2D eigenvalue weighted by molar-refractivity contribution is -0.131. The average Bonchev–Trinajstić information content (AvgIpc) is 2.77. The van der Waals surface area contributed by atoms with Crippen molar-refractivity contribution in [2.75, 3.05) is 26.2 Å². The molecule has 1 saturated heterocycles. The van der Waals surface area contributed by atoms with Gasteiger partial charge < -0.3 is 4.90 Å². The van der Waals surface area contributed by atoms with E-state index in [-0.39, 0.29) is 18.1 Å². The number of amides is 1. The third kappa shape index (κ3) is 4.62. The number of carbonyl (C=O) groups excluding carboxylic acids is 1. The first-order valence-electron chi connectivity index (χ1n) is 10.5. The van der Waals surface area contributed by atoms with Crippen LogP contribution in [0.2, 0.25) is 0 Å². The summed E-state index contributed by atoms with van der Waals surface area (Å²) in [7, 11) is -3.40. The Morgan fingerprint density at radius 3 is 2.29 bits per heavy atom. The first kappa shape index (κ1) is 21.5. The van der Waals surface area contributed by atoms with Crippen molar-refractivity contribution >= 4 is 26.8 Å². The lowest BCUT2D eigenvalue weighted by atomic mass is 9.99. The number of hydrogen-bond donors (Lipinski definition) is 0. The van der Waals surface area contributed by atoms with Gasteiger partial charge in [0.25, 0.3) is 0 Å². The summed E-state index contributed by atoms with van der Waals surface area (Å²) in [5, 5.41) is 1.06. The van der Waals surface area contributed by atoms with Crippen LogP contribution in [0.3, 0.4) is 0 Å². The van der Waals surface area contributed by atoms with Crippen molar-refractivity contribution in [1.82, 2.24) is 14.2 Å². The van der Waals surface area contributed by atoms with Crippen LogP contribution in [0, 0.1) is 13.8 Å². The minimum absolute atomic E-state index is 0.0110. The SMILES string of the molecule is Cc1nc2ccccc2c(C)c1CC(=O)N1CCN(S(=O)(=O)Cc2ccccc2)CC1. The number of carbonyl (C=O) groups is 1. The van der Waals surface area contributed by atoms with E-state index in [1.165, 1.54) is 4.31 Å². The van der Waals surface area contributed by atoms with Crippen LogP contribution in [0.15, 0.2) is 54.6 Å². The maximum absolute atomic E-state index is 13.0. The molecule has 162 valence electrons. The number of benzene rings is 2. The zero-order valence-electron chi connectivity index (χ0n) is 17.9. The zero-order chi connectivity index (χ0) is 22.0. The molecule has 2 aromatic carbocycles. The Kier molecular flexibility index (Phi) is 6.07. The number of hydrogen-bond acceptors (Lipinski definition) is 4. The van der Waals surface area contributed by atoms with Crippen LogP contribution in [0.1, 0.15) is 22.4 Å². The second-order valence-corrected chi connectivity index (χ2v) is 9.99. The van der Waals surface area contributed by atoms with Crippen LogP contribution >= 0.6 is 0 Å². The molecule has 31 heavy (non-hydrogen) atoms. The summed E-state index contributed by atoms with van der Waals surface area (Å²) >= 11 is 0. The van der Waals surface area contributed by atoms with Crippen molar-refractivity contribution < 1.29 is 13.2 Å². The molecule has 0 spiro atoms. The van der Waals surface area contributed by atoms with Crippen LogP contribution in [0.4, 0.5) is 0 Å². The lowest BCUT2D eigenvalue weighted by Gasteiger charge is -2.34. The minimum atomic E-state index is -3.40. The number of piperazine rings is 1. The molecule has 1 aliphatic rings. The van der Waals surface area contributed by atoms with E-state index in [4.69, 9.17) is 0 Å². The van der Waals surface area contributed by atoms with Gasteiger partial charge in [-0.15, -0.1) is 0 Å². The van der Waals surface area contributed by atoms with Gasteiger partial charge in [-0.1, -0.05) is 48.5 Å². The molecule has 6 nitrogen and oxygen atoms in total. The van der Waals surface area contributed by atoms with Gasteiger partial charge in [0.2, 0.25) is 15.9 Å². The average molecular weight is 438 g/mol. The normalized spacial score (nSPS) is 15.4. The van der Waals surface area contributed by atoms with Gasteiger partial charge >= 0.3 is 0 Å². The Labute approximate surface area is 183 Å². The van der Waals surface area contributed by atoms with Gasteiger partial charge in [0.05, 0.1) is 17.7 Å². The number of aryl methyl sites for hydroxylation is 2. The van der Waals surface area contributed by atoms with Crippen LogP contribution in [0.25, 0.3) is 10.9 Å². The van der Waals surface area contributed by atoms with Gasteiger partial charge in [0, 0.05) is 37.3 Å². The largest absolute Gasteiger partial charge is 0.340 e. The molecule has 0 unspecified atom stereocenters. The Morgan fingerprint density at radius 1 is 0.935 bits per heavy atom. The zero-order valence-corrected chi connectivity index (χ0v) is 18.7. The molecular weight excluding hydrogens is 410 g/mol. The molecule has 0 aliphatic carbocycles. The van der Waals surface area contributed by atoms with Crippen LogP contribution in [-0.2, 0) is 27.0 Å². The number of pyridine rings is 1. The van der Waals surface area contributed by atoms with E-state index >= 15 is 0 Å². The number of aromatic nitrogens is 1. The third-order valence-electron chi connectivity index (χ3n) is 5.99. The smallest absolute Gasteiger partial charge is 0.227 e. The van der Waals surface area contributed by atoms with Crippen molar-refractivity contribution in [3.8, 4) is 0 Å². The van der Waals surface area contributed by atoms with Crippen molar-refractivity contribution in [2.45, 2.75) is 26.0 Å². The third-order valence-corrected chi connectivity index (χ3v) is 7.84. The summed E-state index contributed by atoms with van der Waals surface area (Å²) < 4.78 is 27.0. The van der Waals surface area contributed by atoms with Crippen molar-refractivity contribution in [3.05, 3.63) is 77.0 Å². The molecule has 3 aromatic rings. The summed E-state index contributed by atoms with van der Waals surface area (Å²) in [5.74, 6) is 0.00605. The number of sulfonamides is 1. The summed E-state index contributed by atoms with van der Waals surface area (Å²) in [4.78, 5) is 19.4. The van der Waals surface area contributed by atoms with Crippen LogP contribution < -0.4 is 0 Å². The van der Waals surface area contributed by atoms with E-state index in [0.717, 1.165) is 33.3 Å². The molecule has 0 radical (unpaired) electrons. The molecule has 1 aromatic heterocycles. The molecule has 1 fully saturated rings. The highest BCUT2D eigenvalue weighted by molar-refractivity contribution is 7.88. The number of para-hydroxylation sites is 1. The minimum Gasteiger partial charge on any atom is -0.340 e. The summed E-state index contributed by atoms with van der Waals surface area (Å²) in [6, 6.07) is 17.1. The highest BCUT2D eigenvalue weighted by Crippen LogP contribution is 2.24. The summed E-state index contributed by atoms with van der Waals surface area (Å²) in [5.41, 5.74) is 4.62. The highest BCUT2D eigenvalue weighted by Gasteiger charge is 2.29. The van der Waals surface area contributed by atoms with Crippen LogP contribution in [0.5, 0.6) is 0 Å². The topological polar surface area (TPSA) is 70.6 Å². The van der Waals surface area contributed by atoms with Gasteiger partial charge in [-0.3, -0.25) is 9.78 Å². The highest BCUT2D eigenvalue weighted by atomic mass is 32.2. The van der Waals surface area contributed by atoms with Gasteiger partial charge in [-0.25, -0.2) is 8.42 Å². The standard InChI is InChI=1S/C24H27N3O3S/c1-18-21-10-6-7-11-23(21)25-19(2)22(18)16-24(28)26-12-14-27(15-13-26)31(29,30)17-20-8-4-3-5-9-20/h3-11H,12-17H2,1-2H3. The quantitative estimate of drug-likeness (QED) is 0.615. The van der Waals surface area contributed by atoms with Crippen molar-refractivity contribution in [1.29, 1.82) is 0 Å². The molecular formula is C24H27N3O3S. The predicted molar refractivity (Wildman–Crippen MR) is 122 cm³/mol. The molecule has 4 rings (SSSR count). The lowest BCUT2D eigenvalue weighted by Crippen LogP contribution is -2.51. The Bertz CT molecular complexity index is 1200. The van der Waals surface area contributed by atoms with Crippen molar-refractivity contribution in [3.63, 3.8) is 0 Å². The molecule has 0 N–H and O–H groups in total. The van der Waals surface area contributed by atoms with E-state index in [1.54, 1.807) is 4.90 Å². The van der Waals surface area contributed by atoms with Gasteiger partial charge in [-0.2, -0.15) is 4.31 Å². The maximum Gasteiger partial charge on any atom is 0.227 e. The first-order chi connectivity index (χ1) is 14.8. The van der Waals surface area contributed by atoms with Gasteiger partial charge in [0.1, 0.15) is 0 Å². The van der Waals surface area contributed by atoms with Gasteiger partial charge in [-0.05, 0) is 36.6 Å². The number of fused-ring (bicyclic) bond motifs is 1. The fraction of sp³-hybridized carbons (Fsp3) is 0.333. The Balaban J connectivity index is 1.41.